The van der Waals surface area contributed by atoms with Gasteiger partial charge < -0.3 is 5.11 Å². The molecule has 0 amide bonds. The number of aromatic hydroxyl groups is 1. The van der Waals surface area contributed by atoms with Crippen LogP contribution in [0.25, 0.3) is 0 Å². The first kappa shape index (κ1) is 18.3. The van der Waals surface area contributed by atoms with Crippen LogP contribution in [0.3, 0.4) is 0 Å². The van der Waals surface area contributed by atoms with Gasteiger partial charge in [-0.3, -0.25) is 14.3 Å². The normalized spacial score (nSPS) is 15.0. The van der Waals surface area contributed by atoms with Gasteiger partial charge in [-0.15, -0.1) is 0 Å². The third-order valence-electron chi connectivity index (χ3n) is 5.65. The summed E-state index contributed by atoms with van der Waals surface area (Å²) in [6, 6.07) is 19.1. The van der Waals surface area contributed by atoms with Gasteiger partial charge in [-0.05, 0) is 24.0 Å². The summed E-state index contributed by atoms with van der Waals surface area (Å²) in [6.07, 6.45) is 4.84. The fourth-order valence-electron chi connectivity index (χ4n) is 4.31. The lowest BCUT2D eigenvalue weighted by molar-refractivity contribution is 0.295. The Balaban J connectivity index is 1.94. The molecule has 1 heterocycles. The molecule has 2 N–H and O–H groups in total. The Morgan fingerprint density at radius 3 is 1.93 bits per heavy atom. The molecule has 0 atom stereocenters. The van der Waals surface area contributed by atoms with E-state index in [4.69, 9.17) is 0 Å². The van der Waals surface area contributed by atoms with E-state index in [1.165, 1.54) is 4.57 Å². The molecular weight excluding hydrogens is 352 g/mol. The predicted molar refractivity (Wildman–Crippen MR) is 109 cm³/mol. The van der Waals surface area contributed by atoms with Crippen molar-refractivity contribution in [1.29, 1.82) is 0 Å². The highest BCUT2D eigenvalue weighted by atomic mass is 16.3. The van der Waals surface area contributed by atoms with Crippen LogP contribution in [0.4, 0.5) is 0 Å². The molecule has 0 saturated heterocycles. The van der Waals surface area contributed by atoms with Crippen molar-refractivity contribution in [2.24, 2.45) is 0 Å². The minimum Gasteiger partial charge on any atom is -0.494 e. The number of aromatic nitrogens is 2. The first-order chi connectivity index (χ1) is 13.7. The van der Waals surface area contributed by atoms with E-state index in [0.29, 0.717) is 0 Å². The number of rotatable bonds is 4. The van der Waals surface area contributed by atoms with E-state index in [0.717, 1.165) is 43.2 Å². The van der Waals surface area contributed by atoms with Crippen molar-refractivity contribution in [3.8, 4) is 5.88 Å². The highest BCUT2D eigenvalue weighted by molar-refractivity contribution is 5.45. The predicted octanol–water partition coefficient (Wildman–Crippen LogP) is 3.93. The monoisotopic (exact) mass is 376 g/mol. The Labute approximate surface area is 163 Å². The summed E-state index contributed by atoms with van der Waals surface area (Å²) >= 11 is 0. The molecule has 0 unspecified atom stereocenters. The van der Waals surface area contributed by atoms with E-state index in [2.05, 4.69) is 4.98 Å². The van der Waals surface area contributed by atoms with Crippen molar-refractivity contribution < 1.29 is 5.11 Å². The maximum absolute atomic E-state index is 12.9. The lowest BCUT2D eigenvalue weighted by atomic mass is 9.86. The van der Waals surface area contributed by atoms with E-state index in [1.54, 1.807) is 0 Å². The zero-order chi connectivity index (χ0) is 19.5. The van der Waals surface area contributed by atoms with Crippen LogP contribution in [0.15, 0.2) is 70.3 Å². The van der Waals surface area contributed by atoms with Gasteiger partial charge in [-0.25, -0.2) is 4.79 Å². The van der Waals surface area contributed by atoms with Gasteiger partial charge in [0.1, 0.15) is 0 Å². The molecule has 1 aromatic heterocycles. The summed E-state index contributed by atoms with van der Waals surface area (Å²) in [5.41, 5.74) is 0.944. The number of nitrogens with one attached hydrogen (secondary N) is 1. The molecule has 0 aliphatic heterocycles. The Morgan fingerprint density at radius 1 is 0.857 bits per heavy atom. The molecule has 1 aliphatic carbocycles. The molecule has 3 aromatic rings. The van der Waals surface area contributed by atoms with E-state index >= 15 is 0 Å². The summed E-state index contributed by atoms with van der Waals surface area (Å²) in [5.74, 6) is -0.667. The van der Waals surface area contributed by atoms with Crippen LogP contribution >= 0.6 is 0 Å². The van der Waals surface area contributed by atoms with Crippen LogP contribution in [-0.4, -0.2) is 14.7 Å². The lowest BCUT2D eigenvalue weighted by Gasteiger charge is -2.27. The lowest BCUT2D eigenvalue weighted by Crippen LogP contribution is -2.36. The maximum atomic E-state index is 12.9. The quantitative estimate of drug-likeness (QED) is 0.724. The average molecular weight is 376 g/mol. The Hall–Kier alpha value is -3.08. The molecule has 144 valence electrons. The van der Waals surface area contributed by atoms with Crippen molar-refractivity contribution in [3.63, 3.8) is 0 Å². The number of hydrogen-bond donors (Lipinski definition) is 2. The Morgan fingerprint density at radius 2 is 1.39 bits per heavy atom. The van der Waals surface area contributed by atoms with Crippen molar-refractivity contribution >= 4 is 0 Å². The van der Waals surface area contributed by atoms with Crippen molar-refractivity contribution in [2.75, 3.05) is 0 Å². The molecule has 1 aliphatic rings. The smallest absolute Gasteiger partial charge is 0.331 e. The van der Waals surface area contributed by atoms with Gasteiger partial charge in [0.25, 0.3) is 5.56 Å². The molecule has 4 rings (SSSR count). The number of benzene rings is 2. The van der Waals surface area contributed by atoms with Crippen LogP contribution in [-0.2, 0) is 0 Å². The fraction of sp³-hybridized carbons (Fsp3) is 0.304. The van der Waals surface area contributed by atoms with Gasteiger partial charge in [0.2, 0.25) is 5.88 Å². The highest BCUT2D eigenvalue weighted by Gasteiger charge is 2.28. The number of hydrogen-bond acceptors (Lipinski definition) is 3. The first-order valence-electron chi connectivity index (χ1n) is 9.84. The zero-order valence-electron chi connectivity index (χ0n) is 15.7. The number of aromatic amines is 1. The standard InChI is InChI=1S/C23H24N2O3/c26-21-20(22(27)25(23(28)24-21)18-14-8-3-9-15-18)19(16-10-4-1-5-11-16)17-12-6-2-7-13-17/h1-2,4-7,10-13,18-19,27H,3,8-9,14-15H2,(H,24,26,28). The van der Waals surface area contributed by atoms with Crippen molar-refractivity contribution in [3.05, 3.63) is 98.2 Å². The topological polar surface area (TPSA) is 75.1 Å². The molecule has 1 fully saturated rings. The van der Waals surface area contributed by atoms with Crippen LogP contribution < -0.4 is 11.2 Å². The average Bonchev–Trinajstić information content (AvgIpc) is 2.73. The Bertz CT molecular complexity index is 1010. The number of H-pyrrole nitrogens is 1. The summed E-state index contributed by atoms with van der Waals surface area (Å²) < 4.78 is 1.40. The van der Waals surface area contributed by atoms with Crippen LogP contribution in [0.2, 0.25) is 0 Å². The second kappa shape index (κ2) is 7.89. The molecule has 28 heavy (non-hydrogen) atoms. The van der Waals surface area contributed by atoms with Gasteiger partial charge in [-0.2, -0.15) is 0 Å². The zero-order valence-corrected chi connectivity index (χ0v) is 15.7. The van der Waals surface area contributed by atoms with E-state index in [9.17, 15) is 14.7 Å². The van der Waals surface area contributed by atoms with Crippen molar-refractivity contribution in [1.82, 2.24) is 9.55 Å². The molecule has 5 heteroatoms. The Kier molecular flexibility index (Phi) is 5.15. The van der Waals surface area contributed by atoms with Crippen LogP contribution in [0, 0.1) is 0 Å². The minimum absolute atomic E-state index is 0.0796. The minimum atomic E-state index is -0.535. The molecule has 0 bridgehead atoms. The molecular formula is C23H24N2O3. The maximum Gasteiger partial charge on any atom is 0.331 e. The molecule has 5 nitrogen and oxygen atoms in total. The van der Waals surface area contributed by atoms with E-state index in [-0.39, 0.29) is 17.5 Å². The van der Waals surface area contributed by atoms with Gasteiger partial charge in [-0.1, -0.05) is 79.9 Å². The van der Waals surface area contributed by atoms with Crippen LogP contribution in [0.5, 0.6) is 5.88 Å². The van der Waals surface area contributed by atoms with Gasteiger partial charge >= 0.3 is 5.69 Å². The fourth-order valence-corrected chi connectivity index (χ4v) is 4.31. The van der Waals surface area contributed by atoms with Crippen molar-refractivity contribution in [2.45, 2.75) is 44.1 Å². The number of nitrogens with zero attached hydrogens (tertiary/aromatic N) is 1. The third-order valence-corrected chi connectivity index (χ3v) is 5.65. The second-order valence-corrected chi connectivity index (χ2v) is 7.41. The van der Waals surface area contributed by atoms with E-state index in [1.807, 2.05) is 60.7 Å². The third kappa shape index (κ3) is 3.40. The van der Waals surface area contributed by atoms with Crippen LogP contribution in [0.1, 0.15) is 60.8 Å². The molecule has 0 radical (unpaired) electrons. The molecule has 2 aromatic carbocycles. The summed E-state index contributed by atoms with van der Waals surface area (Å²) in [7, 11) is 0. The summed E-state index contributed by atoms with van der Waals surface area (Å²) in [6.45, 7) is 0. The highest BCUT2D eigenvalue weighted by Crippen LogP contribution is 2.36. The SMILES string of the molecule is O=c1[nH]c(=O)n(C2CCCCC2)c(O)c1C(c1ccccc1)c1ccccc1. The van der Waals surface area contributed by atoms with Gasteiger partial charge in [0.05, 0.1) is 5.56 Å². The van der Waals surface area contributed by atoms with Gasteiger partial charge in [0, 0.05) is 12.0 Å². The molecule has 1 saturated carbocycles. The summed E-state index contributed by atoms with van der Waals surface area (Å²) in [5, 5.41) is 11.1. The second-order valence-electron chi connectivity index (χ2n) is 7.41. The first-order valence-corrected chi connectivity index (χ1v) is 9.84. The van der Waals surface area contributed by atoms with E-state index < -0.39 is 17.2 Å². The summed E-state index contributed by atoms with van der Waals surface area (Å²) in [4.78, 5) is 27.9. The molecule has 0 spiro atoms. The van der Waals surface area contributed by atoms with Gasteiger partial charge in [0.15, 0.2) is 0 Å². The largest absolute Gasteiger partial charge is 0.494 e.